The summed E-state index contributed by atoms with van der Waals surface area (Å²) >= 11 is 0. The highest BCUT2D eigenvalue weighted by Crippen LogP contribution is 2.31. The molecule has 0 spiro atoms. The summed E-state index contributed by atoms with van der Waals surface area (Å²) in [5, 5.41) is 0. The molecule has 5 rings (SSSR count). The van der Waals surface area contributed by atoms with Crippen LogP contribution in [0, 0.1) is 0 Å². The normalized spacial score (nSPS) is 17.9. The second-order valence-corrected chi connectivity index (χ2v) is 10.2. The first-order chi connectivity index (χ1) is 17.8. The zero-order valence-corrected chi connectivity index (χ0v) is 21.3. The van der Waals surface area contributed by atoms with E-state index in [1.54, 1.807) is 0 Å². The van der Waals surface area contributed by atoms with E-state index in [1.165, 1.54) is 47.9 Å². The molecule has 0 amide bonds. The molecule has 1 aliphatic rings. The van der Waals surface area contributed by atoms with Gasteiger partial charge in [-0.1, -0.05) is 134 Å². The van der Waals surface area contributed by atoms with Crippen molar-refractivity contribution in [1.82, 2.24) is 9.80 Å². The van der Waals surface area contributed by atoms with Crippen molar-refractivity contribution in [3.63, 3.8) is 0 Å². The van der Waals surface area contributed by atoms with Crippen molar-refractivity contribution in [2.45, 2.75) is 63.9 Å². The highest BCUT2D eigenvalue weighted by Gasteiger charge is 2.34. The lowest BCUT2D eigenvalue weighted by atomic mass is 9.86. The number of hydrogen-bond donors (Lipinski definition) is 0. The zero-order valence-electron chi connectivity index (χ0n) is 21.3. The second-order valence-electron chi connectivity index (χ2n) is 10.2. The smallest absolute Gasteiger partial charge is 0.0258 e. The molecule has 0 radical (unpaired) electrons. The summed E-state index contributed by atoms with van der Waals surface area (Å²) in [6, 6.07) is 45.1. The van der Waals surface area contributed by atoms with E-state index in [-0.39, 0.29) is 0 Å². The van der Waals surface area contributed by atoms with Crippen LogP contribution in [0.5, 0.6) is 0 Å². The molecule has 0 heterocycles. The maximum absolute atomic E-state index is 2.76. The van der Waals surface area contributed by atoms with Crippen LogP contribution in [-0.4, -0.2) is 21.9 Å². The Labute approximate surface area is 217 Å². The lowest BCUT2D eigenvalue weighted by Gasteiger charge is -2.45. The Morgan fingerprint density at radius 3 is 0.889 bits per heavy atom. The molecule has 1 aliphatic carbocycles. The largest absolute Gasteiger partial charge is 0.290 e. The quantitative estimate of drug-likeness (QED) is 0.232. The van der Waals surface area contributed by atoms with E-state index in [1.807, 2.05) is 0 Å². The van der Waals surface area contributed by atoms with Crippen LogP contribution < -0.4 is 0 Å². The molecule has 0 N–H and O–H groups in total. The van der Waals surface area contributed by atoms with Gasteiger partial charge in [0.15, 0.2) is 0 Å². The third-order valence-electron chi connectivity index (χ3n) is 7.55. The van der Waals surface area contributed by atoms with Crippen molar-refractivity contribution in [2.24, 2.45) is 0 Å². The molecule has 4 aromatic carbocycles. The van der Waals surface area contributed by atoms with E-state index in [9.17, 15) is 0 Å². The van der Waals surface area contributed by atoms with Gasteiger partial charge in [-0.15, -0.1) is 0 Å². The maximum Gasteiger partial charge on any atom is 0.0258 e. The van der Waals surface area contributed by atoms with E-state index < -0.39 is 0 Å². The summed E-state index contributed by atoms with van der Waals surface area (Å²) in [6.45, 7) is 3.95. The molecule has 4 aromatic rings. The first-order valence-electron chi connectivity index (χ1n) is 13.5. The van der Waals surface area contributed by atoms with Crippen molar-refractivity contribution < 1.29 is 0 Å². The predicted molar refractivity (Wildman–Crippen MR) is 150 cm³/mol. The summed E-state index contributed by atoms with van der Waals surface area (Å²) < 4.78 is 0. The van der Waals surface area contributed by atoms with Crippen molar-refractivity contribution in [2.75, 3.05) is 0 Å². The minimum absolute atomic E-state index is 0.520. The molecular formula is C34H38N2. The fraction of sp³-hybridized carbons (Fsp3) is 0.294. The molecule has 0 aromatic heterocycles. The van der Waals surface area contributed by atoms with E-state index in [4.69, 9.17) is 0 Å². The van der Waals surface area contributed by atoms with Gasteiger partial charge < -0.3 is 0 Å². The van der Waals surface area contributed by atoms with Crippen molar-refractivity contribution in [3.8, 4) is 0 Å². The average Bonchev–Trinajstić information content (AvgIpc) is 2.95. The Bertz CT molecular complexity index is 967. The Hall–Kier alpha value is -3.20. The van der Waals surface area contributed by atoms with Crippen LogP contribution in [0.1, 0.15) is 47.9 Å². The van der Waals surface area contributed by atoms with Crippen molar-refractivity contribution in [1.29, 1.82) is 0 Å². The minimum atomic E-state index is 0.520. The lowest BCUT2D eigenvalue weighted by molar-refractivity contribution is 0.0296. The molecule has 0 saturated heterocycles. The number of rotatable bonds is 10. The Kier molecular flexibility index (Phi) is 8.62. The summed E-state index contributed by atoms with van der Waals surface area (Å²) in [4.78, 5) is 5.52. The van der Waals surface area contributed by atoms with Crippen LogP contribution >= 0.6 is 0 Å². The first-order valence-corrected chi connectivity index (χ1v) is 13.5. The van der Waals surface area contributed by atoms with E-state index in [0.717, 1.165) is 26.2 Å². The van der Waals surface area contributed by atoms with Gasteiger partial charge in [-0.05, 0) is 35.1 Å². The monoisotopic (exact) mass is 474 g/mol. The maximum atomic E-state index is 2.76. The SMILES string of the molecule is c1ccc(CN(Cc2ccccc2)[C@@H]2CCCC[C@H]2N(Cc2ccccc2)Cc2ccccc2)cc1. The molecule has 1 saturated carbocycles. The standard InChI is InChI=1S/C34H38N2/c1-5-15-29(16-6-1)25-35(26-30-17-7-2-8-18-30)33-23-13-14-24-34(33)36(27-31-19-9-3-10-20-31)28-32-21-11-4-12-22-32/h1-12,15-22,33-34H,13-14,23-28H2/t33-,34-/m1/s1. The van der Waals surface area contributed by atoms with Gasteiger partial charge in [0.2, 0.25) is 0 Å². The van der Waals surface area contributed by atoms with E-state index >= 15 is 0 Å². The van der Waals surface area contributed by atoms with Gasteiger partial charge in [0.05, 0.1) is 0 Å². The van der Waals surface area contributed by atoms with Gasteiger partial charge in [-0.25, -0.2) is 0 Å². The topological polar surface area (TPSA) is 6.48 Å². The number of benzene rings is 4. The third-order valence-corrected chi connectivity index (χ3v) is 7.55. The van der Waals surface area contributed by atoms with Crippen LogP contribution in [-0.2, 0) is 26.2 Å². The van der Waals surface area contributed by atoms with Gasteiger partial charge in [0.1, 0.15) is 0 Å². The van der Waals surface area contributed by atoms with Crippen LogP contribution in [0.4, 0.5) is 0 Å². The van der Waals surface area contributed by atoms with Crippen LogP contribution in [0.3, 0.4) is 0 Å². The molecule has 0 bridgehead atoms. The van der Waals surface area contributed by atoms with Gasteiger partial charge in [0, 0.05) is 38.3 Å². The number of hydrogen-bond acceptors (Lipinski definition) is 2. The minimum Gasteiger partial charge on any atom is -0.290 e. The summed E-state index contributed by atoms with van der Waals surface area (Å²) in [6.07, 6.45) is 5.13. The zero-order chi connectivity index (χ0) is 24.4. The lowest BCUT2D eigenvalue weighted by Crippen LogP contribution is -2.52. The molecule has 2 nitrogen and oxygen atoms in total. The summed E-state index contributed by atoms with van der Waals surface area (Å²) in [5.41, 5.74) is 5.59. The molecule has 36 heavy (non-hydrogen) atoms. The molecule has 2 heteroatoms. The molecule has 0 unspecified atom stereocenters. The number of nitrogens with zero attached hydrogens (tertiary/aromatic N) is 2. The van der Waals surface area contributed by atoms with E-state index in [0.29, 0.717) is 12.1 Å². The van der Waals surface area contributed by atoms with Gasteiger partial charge >= 0.3 is 0 Å². The van der Waals surface area contributed by atoms with Gasteiger partial charge in [-0.2, -0.15) is 0 Å². The predicted octanol–water partition coefficient (Wildman–Crippen LogP) is 7.70. The van der Waals surface area contributed by atoms with Gasteiger partial charge in [-0.3, -0.25) is 9.80 Å². The van der Waals surface area contributed by atoms with Gasteiger partial charge in [0.25, 0.3) is 0 Å². The van der Waals surface area contributed by atoms with Crippen molar-refractivity contribution >= 4 is 0 Å². The first kappa shape index (κ1) is 24.5. The molecule has 1 fully saturated rings. The van der Waals surface area contributed by atoms with Crippen LogP contribution in [0.25, 0.3) is 0 Å². The third kappa shape index (κ3) is 6.72. The summed E-state index contributed by atoms with van der Waals surface area (Å²) in [7, 11) is 0. The molecule has 184 valence electrons. The summed E-state index contributed by atoms with van der Waals surface area (Å²) in [5.74, 6) is 0. The fourth-order valence-electron chi connectivity index (χ4n) is 5.80. The van der Waals surface area contributed by atoms with Crippen LogP contribution in [0.15, 0.2) is 121 Å². The van der Waals surface area contributed by atoms with E-state index in [2.05, 4.69) is 131 Å². The molecular weight excluding hydrogens is 436 g/mol. The van der Waals surface area contributed by atoms with Crippen molar-refractivity contribution in [3.05, 3.63) is 144 Å². The molecule has 2 atom stereocenters. The Balaban J connectivity index is 1.45. The van der Waals surface area contributed by atoms with Crippen LogP contribution in [0.2, 0.25) is 0 Å². The fourth-order valence-corrected chi connectivity index (χ4v) is 5.80. The highest BCUT2D eigenvalue weighted by molar-refractivity contribution is 5.20. The Morgan fingerprint density at radius 1 is 0.389 bits per heavy atom. The molecule has 0 aliphatic heterocycles. The Morgan fingerprint density at radius 2 is 0.639 bits per heavy atom. The highest BCUT2D eigenvalue weighted by atomic mass is 15.2. The average molecular weight is 475 g/mol. The second kappa shape index (κ2) is 12.7.